The Morgan fingerprint density at radius 1 is 1.07 bits per heavy atom. The first kappa shape index (κ1) is 18.7. The quantitative estimate of drug-likeness (QED) is 0.595. The summed E-state index contributed by atoms with van der Waals surface area (Å²) in [7, 11) is 0. The second kappa shape index (κ2) is 8.18. The third kappa shape index (κ3) is 4.82. The number of para-hydroxylation sites is 1. The number of rotatable bonds is 6. The Morgan fingerprint density at radius 3 is 2.59 bits per heavy atom. The van der Waals surface area contributed by atoms with Gasteiger partial charge in [0.2, 0.25) is 5.91 Å². The number of nitrogens with one attached hydrogen (secondary N) is 3. The molecule has 1 saturated carbocycles. The number of aromatic nitrogens is 1. The summed E-state index contributed by atoms with van der Waals surface area (Å²) < 4.78 is 5.97. The number of amides is 3. The molecule has 0 bridgehead atoms. The van der Waals surface area contributed by atoms with Crippen LogP contribution in [0.15, 0.2) is 60.8 Å². The van der Waals surface area contributed by atoms with E-state index in [1.165, 1.54) is 0 Å². The van der Waals surface area contributed by atoms with Gasteiger partial charge in [-0.25, -0.2) is 4.79 Å². The largest absolute Gasteiger partial charge is 0.455 e. The van der Waals surface area contributed by atoms with Gasteiger partial charge in [0.15, 0.2) is 5.75 Å². The average molecular weight is 390 g/mol. The van der Waals surface area contributed by atoms with Gasteiger partial charge in [-0.3, -0.25) is 15.1 Å². The molecule has 1 atom stereocenters. The van der Waals surface area contributed by atoms with Crippen LogP contribution in [0.5, 0.6) is 11.5 Å². The van der Waals surface area contributed by atoms with Crippen molar-refractivity contribution in [1.29, 1.82) is 0 Å². The zero-order chi connectivity index (χ0) is 20.2. The highest BCUT2D eigenvalue weighted by Gasteiger charge is 2.24. The van der Waals surface area contributed by atoms with E-state index < -0.39 is 12.1 Å². The number of pyridine rings is 1. The maximum Gasteiger partial charge on any atom is 0.321 e. The van der Waals surface area contributed by atoms with E-state index in [9.17, 15) is 9.59 Å². The van der Waals surface area contributed by atoms with Crippen LogP contribution in [0.25, 0.3) is 10.9 Å². The molecule has 7 heteroatoms. The molecular weight excluding hydrogens is 368 g/mol. The van der Waals surface area contributed by atoms with Crippen molar-refractivity contribution in [2.24, 2.45) is 0 Å². The van der Waals surface area contributed by atoms with Crippen LogP contribution in [0.4, 0.5) is 10.5 Å². The average Bonchev–Trinajstić information content (AvgIpc) is 3.53. The molecule has 1 aromatic heterocycles. The van der Waals surface area contributed by atoms with Crippen LogP contribution in [0.1, 0.15) is 19.8 Å². The molecule has 3 aromatic rings. The Morgan fingerprint density at radius 2 is 1.83 bits per heavy atom. The second-order valence-electron chi connectivity index (χ2n) is 7.06. The van der Waals surface area contributed by atoms with Crippen LogP contribution in [-0.2, 0) is 4.79 Å². The lowest BCUT2D eigenvalue weighted by Crippen LogP contribution is -2.46. The van der Waals surface area contributed by atoms with E-state index >= 15 is 0 Å². The molecule has 1 aliphatic carbocycles. The van der Waals surface area contributed by atoms with Crippen molar-refractivity contribution in [2.75, 3.05) is 5.32 Å². The zero-order valence-corrected chi connectivity index (χ0v) is 16.0. The second-order valence-corrected chi connectivity index (χ2v) is 7.06. The first-order valence-corrected chi connectivity index (χ1v) is 9.58. The number of hydrogen-bond acceptors (Lipinski definition) is 5. The molecule has 0 saturated heterocycles. The SMILES string of the molecule is CC(Nc1ccc(Oc2cccc3cccnc23)cc1)C(=O)NC(=O)NC1CC1. The van der Waals surface area contributed by atoms with E-state index in [4.69, 9.17) is 4.74 Å². The van der Waals surface area contributed by atoms with E-state index in [0.717, 1.165) is 29.4 Å². The van der Waals surface area contributed by atoms with Gasteiger partial charge in [-0.15, -0.1) is 0 Å². The van der Waals surface area contributed by atoms with E-state index in [2.05, 4.69) is 20.9 Å². The van der Waals surface area contributed by atoms with Gasteiger partial charge < -0.3 is 15.4 Å². The summed E-state index contributed by atoms with van der Waals surface area (Å²) in [4.78, 5) is 28.2. The van der Waals surface area contributed by atoms with Crippen LogP contribution < -0.4 is 20.7 Å². The number of nitrogens with zero attached hydrogens (tertiary/aromatic N) is 1. The van der Waals surface area contributed by atoms with Crippen LogP contribution in [0.3, 0.4) is 0 Å². The van der Waals surface area contributed by atoms with Crippen molar-refractivity contribution < 1.29 is 14.3 Å². The normalized spacial score (nSPS) is 14.1. The van der Waals surface area contributed by atoms with Crippen molar-refractivity contribution in [3.8, 4) is 11.5 Å². The third-order valence-electron chi connectivity index (χ3n) is 4.60. The van der Waals surface area contributed by atoms with Crippen molar-refractivity contribution in [3.63, 3.8) is 0 Å². The van der Waals surface area contributed by atoms with Gasteiger partial charge >= 0.3 is 6.03 Å². The standard InChI is InChI=1S/C22H22N4O3/c1-14(21(27)26-22(28)25-17-7-8-17)24-16-9-11-18(12-10-16)29-19-6-2-4-15-5-3-13-23-20(15)19/h2-6,9-14,17,24H,7-8H2,1H3,(H2,25,26,27,28). The summed E-state index contributed by atoms with van der Waals surface area (Å²) in [6.07, 6.45) is 3.68. The Labute approximate surface area is 168 Å². The highest BCUT2D eigenvalue weighted by atomic mass is 16.5. The smallest absolute Gasteiger partial charge is 0.321 e. The molecule has 29 heavy (non-hydrogen) atoms. The van der Waals surface area contributed by atoms with Gasteiger partial charge in [0.25, 0.3) is 0 Å². The van der Waals surface area contributed by atoms with Crippen molar-refractivity contribution in [2.45, 2.75) is 31.8 Å². The topological polar surface area (TPSA) is 92.3 Å². The van der Waals surface area contributed by atoms with Gasteiger partial charge in [0.1, 0.15) is 17.3 Å². The number of ether oxygens (including phenoxy) is 1. The van der Waals surface area contributed by atoms with Crippen molar-refractivity contribution in [1.82, 2.24) is 15.6 Å². The first-order valence-electron chi connectivity index (χ1n) is 9.58. The summed E-state index contributed by atoms with van der Waals surface area (Å²) in [6.45, 7) is 1.70. The van der Waals surface area contributed by atoms with Crippen LogP contribution in [-0.4, -0.2) is 29.0 Å². The Bertz CT molecular complexity index is 1030. The third-order valence-corrected chi connectivity index (χ3v) is 4.60. The van der Waals surface area contributed by atoms with Gasteiger partial charge in [-0.05, 0) is 56.2 Å². The molecule has 2 aromatic carbocycles. The minimum Gasteiger partial charge on any atom is -0.455 e. The van der Waals surface area contributed by atoms with E-state index in [1.54, 1.807) is 13.1 Å². The predicted octanol–water partition coefficient (Wildman–Crippen LogP) is 3.82. The van der Waals surface area contributed by atoms with Crippen molar-refractivity contribution >= 4 is 28.5 Å². The molecule has 1 unspecified atom stereocenters. The highest BCUT2D eigenvalue weighted by molar-refractivity contribution is 5.98. The fourth-order valence-corrected chi connectivity index (χ4v) is 2.89. The summed E-state index contributed by atoms with van der Waals surface area (Å²) in [5, 5.41) is 9.16. The fraction of sp³-hybridized carbons (Fsp3) is 0.227. The number of urea groups is 1. The Balaban J connectivity index is 1.36. The molecule has 0 spiro atoms. The monoisotopic (exact) mass is 390 g/mol. The molecule has 1 aliphatic rings. The number of anilines is 1. The minimum absolute atomic E-state index is 0.204. The number of hydrogen-bond donors (Lipinski definition) is 3. The van der Waals surface area contributed by atoms with Gasteiger partial charge in [-0.2, -0.15) is 0 Å². The van der Waals surface area contributed by atoms with Gasteiger partial charge in [-0.1, -0.05) is 18.2 Å². The maximum atomic E-state index is 12.1. The predicted molar refractivity (Wildman–Crippen MR) is 111 cm³/mol. The molecule has 1 fully saturated rings. The highest BCUT2D eigenvalue weighted by Crippen LogP contribution is 2.29. The first-order chi connectivity index (χ1) is 14.1. The van der Waals surface area contributed by atoms with Crippen LogP contribution in [0.2, 0.25) is 0 Å². The van der Waals surface area contributed by atoms with Crippen LogP contribution >= 0.6 is 0 Å². The number of carbonyl (C=O) groups excluding carboxylic acids is 2. The summed E-state index contributed by atoms with van der Waals surface area (Å²) in [6, 6.07) is 16.1. The zero-order valence-electron chi connectivity index (χ0n) is 16.0. The summed E-state index contributed by atoms with van der Waals surface area (Å²) in [5.74, 6) is 0.957. The lowest BCUT2D eigenvalue weighted by molar-refractivity contribution is -0.120. The molecule has 4 rings (SSSR count). The van der Waals surface area contributed by atoms with Gasteiger partial charge in [0.05, 0.1) is 0 Å². The fourth-order valence-electron chi connectivity index (χ4n) is 2.89. The molecule has 7 nitrogen and oxygen atoms in total. The van der Waals surface area contributed by atoms with E-state index in [0.29, 0.717) is 11.5 Å². The van der Waals surface area contributed by atoms with E-state index in [-0.39, 0.29) is 11.9 Å². The molecule has 0 aliphatic heterocycles. The lowest BCUT2D eigenvalue weighted by atomic mass is 10.2. The number of carbonyl (C=O) groups is 2. The molecule has 1 heterocycles. The number of imide groups is 1. The van der Waals surface area contributed by atoms with Crippen LogP contribution in [0, 0.1) is 0 Å². The molecule has 3 N–H and O–H groups in total. The Kier molecular flexibility index (Phi) is 5.29. The molecule has 0 radical (unpaired) electrons. The van der Waals surface area contributed by atoms with Gasteiger partial charge in [0, 0.05) is 23.3 Å². The summed E-state index contributed by atoms with van der Waals surface area (Å²) in [5.41, 5.74) is 1.55. The number of fused-ring (bicyclic) bond motifs is 1. The molecule has 3 amide bonds. The maximum absolute atomic E-state index is 12.1. The van der Waals surface area contributed by atoms with Crippen molar-refractivity contribution in [3.05, 3.63) is 60.8 Å². The molecule has 148 valence electrons. The minimum atomic E-state index is -0.561. The summed E-state index contributed by atoms with van der Waals surface area (Å²) >= 11 is 0. The molecular formula is C22H22N4O3. The van der Waals surface area contributed by atoms with E-state index in [1.807, 2.05) is 54.6 Å². The lowest BCUT2D eigenvalue weighted by Gasteiger charge is -2.15. The number of benzene rings is 2. The Hall–Kier alpha value is -3.61.